The molecule has 29 heavy (non-hydrogen) atoms. The summed E-state index contributed by atoms with van der Waals surface area (Å²) in [6, 6.07) is 15.7. The molecule has 0 radical (unpaired) electrons. The molecule has 1 aliphatic rings. The van der Waals surface area contributed by atoms with Crippen molar-refractivity contribution in [2.45, 2.75) is 46.9 Å². The predicted molar refractivity (Wildman–Crippen MR) is 112 cm³/mol. The van der Waals surface area contributed by atoms with E-state index in [1.807, 2.05) is 30.3 Å². The molecule has 4 nitrogen and oxygen atoms in total. The summed E-state index contributed by atoms with van der Waals surface area (Å²) >= 11 is 2.10. The molecule has 0 amide bonds. The second-order valence-corrected chi connectivity index (χ2v) is 8.81. The van der Waals surface area contributed by atoms with Gasteiger partial charge >= 0.3 is 0 Å². The molecule has 152 valence electrons. The monoisotopic (exact) mass is 433 g/mol. The minimum absolute atomic E-state index is 0.444. The lowest BCUT2D eigenvalue weighted by Gasteiger charge is -2.11. The van der Waals surface area contributed by atoms with E-state index in [0.717, 1.165) is 35.9 Å². The number of nitrogens with zero attached hydrogens (tertiary/aromatic N) is 3. The van der Waals surface area contributed by atoms with Crippen LogP contribution in [0.1, 0.15) is 35.7 Å². The summed E-state index contributed by atoms with van der Waals surface area (Å²) in [5.74, 6) is 0.219. The lowest BCUT2D eigenvalue weighted by atomic mass is 10.2. The fraction of sp³-hybridized carbons (Fsp3) is 0.333. The SMILES string of the molecule is COc1cc(CSc2nnc(C3CC3)n2Cc2ccccc2)ccc1SC(F)F. The summed E-state index contributed by atoms with van der Waals surface area (Å²) in [4.78, 5) is 0.444. The number of benzene rings is 2. The highest BCUT2D eigenvalue weighted by molar-refractivity contribution is 7.99. The van der Waals surface area contributed by atoms with E-state index < -0.39 is 5.76 Å². The quantitative estimate of drug-likeness (QED) is 0.398. The number of ether oxygens (including phenoxy) is 1. The Balaban J connectivity index is 1.51. The van der Waals surface area contributed by atoms with Crippen molar-refractivity contribution in [3.63, 3.8) is 0 Å². The highest BCUT2D eigenvalue weighted by Crippen LogP contribution is 2.41. The smallest absolute Gasteiger partial charge is 0.289 e. The van der Waals surface area contributed by atoms with E-state index in [1.165, 1.54) is 12.7 Å². The molecule has 0 unspecified atom stereocenters. The highest BCUT2D eigenvalue weighted by atomic mass is 32.2. The van der Waals surface area contributed by atoms with E-state index in [4.69, 9.17) is 4.74 Å². The summed E-state index contributed by atoms with van der Waals surface area (Å²) in [5, 5.41) is 9.75. The number of halogens is 2. The average Bonchev–Trinajstić information content (AvgIpc) is 3.49. The zero-order valence-corrected chi connectivity index (χ0v) is 17.6. The third kappa shape index (κ3) is 5.11. The molecule has 1 fully saturated rings. The summed E-state index contributed by atoms with van der Waals surface area (Å²) in [7, 11) is 1.50. The number of hydrogen-bond donors (Lipinski definition) is 0. The van der Waals surface area contributed by atoms with Crippen LogP contribution in [-0.2, 0) is 12.3 Å². The van der Waals surface area contributed by atoms with Gasteiger partial charge < -0.3 is 9.30 Å². The molecule has 0 aliphatic heterocycles. The Kier molecular flexibility index (Phi) is 6.40. The maximum absolute atomic E-state index is 12.7. The zero-order valence-electron chi connectivity index (χ0n) is 15.9. The Hall–Kier alpha value is -2.06. The van der Waals surface area contributed by atoms with Gasteiger partial charge in [-0.15, -0.1) is 10.2 Å². The molecule has 0 spiro atoms. The molecular weight excluding hydrogens is 412 g/mol. The zero-order chi connectivity index (χ0) is 20.2. The van der Waals surface area contributed by atoms with Gasteiger partial charge in [0, 0.05) is 11.7 Å². The first-order valence-electron chi connectivity index (χ1n) is 9.35. The molecule has 3 aromatic rings. The van der Waals surface area contributed by atoms with Crippen LogP contribution in [0.5, 0.6) is 5.75 Å². The van der Waals surface area contributed by atoms with Crippen LogP contribution in [0, 0.1) is 0 Å². The number of rotatable bonds is 9. The molecule has 0 bridgehead atoms. The number of alkyl halides is 2. The minimum Gasteiger partial charge on any atom is -0.496 e. The number of methoxy groups -OCH3 is 1. The van der Waals surface area contributed by atoms with Gasteiger partial charge in [0.1, 0.15) is 11.6 Å². The van der Waals surface area contributed by atoms with Gasteiger partial charge in [-0.2, -0.15) is 8.78 Å². The maximum Gasteiger partial charge on any atom is 0.289 e. The van der Waals surface area contributed by atoms with Crippen LogP contribution < -0.4 is 4.74 Å². The van der Waals surface area contributed by atoms with E-state index in [1.54, 1.807) is 17.8 Å². The summed E-state index contributed by atoms with van der Waals surface area (Å²) in [5.41, 5.74) is 2.21. The third-order valence-electron chi connectivity index (χ3n) is 4.68. The van der Waals surface area contributed by atoms with Crippen molar-refractivity contribution in [1.82, 2.24) is 14.8 Å². The first-order chi connectivity index (χ1) is 14.1. The van der Waals surface area contributed by atoms with E-state index in [0.29, 0.717) is 34.1 Å². The second kappa shape index (κ2) is 9.17. The molecule has 1 heterocycles. The Morgan fingerprint density at radius 1 is 1.10 bits per heavy atom. The van der Waals surface area contributed by atoms with Crippen LogP contribution in [0.15, 0.2) is 58.6 Å². The molecular formula is C21H21F2N3OS2. The van der Waals surface area contributed by atoms with Crippen LogP contribution in [0.2, 0.25) is 0 Å². The van der Waals surface area contributed by atoms with E-state index >= 15 is 0 Å². The van der Waals surface area contributed by atoms with Crippen molar-refractivity contribution in [3.05, 3.63) is 65.5 Å². The Labute approximate surface area is 177 Å². The molecule has 0 saturated heterocycles. The van der Waals surface area contributed by atoms with Crippen molar-refractivity contribution in [3.8, 4) is 5.75 Å². The number of aromatic nitrogens is 3. The number of thioether (sulfide) groups is 2. The first-order valence-corrected chi connectivity index (χ1v) is 11.2. The van der Waals surface area contributed by atoms with Crippen LogP contribution in [-0.4, -0.2) is 27.6 Å². The Morgan fingerprint density at radius 3 is 2.59 bits per heavy atom. The van der Waals surface area contributed by atoms with Crippen molar-refractivity contribution < 1.29 is 13.5 Å². The largest absolute Gasteiger partial charge is 0.496 e. The maximum atomic E-state index is 12.7. The molecule has 8 heteroatoms. The minimum atomic E-state index is -2.47. The van der Waals surface area contributed by atoms with Crippen LogP contribution in [0.25, 0.3) is 0 Å². The number of hydrogen-bond acceptors (Lipinski definition) is 5. The van der Waals surface area contributed by atoms with Crippen LogP contribution in [0.3, 0.4) is 0 Å². The van der Waals surface area contributed by atoms with Crippen molar-refractivity contribution >= 4 is 23.5 Å². The molecule has 1 aliphatic carbocycles. The molecule has 2 aromatic carbocycles. The van der Waals surface area contributed by atoms with Gasteiger partial charge in [-0.3, -0.25) is 0 Å². The molecule has 0 N–H and O–H groups in total. The van der Waals surface area contributed by atoms with Crippen molar-refractivity contribution in [1.29, 1.82) is 0 Å². The first kappa shape index (κ1) is 20.2. The summed E-state index contributed by atoms with van der Waals surface area (Å²) < 4.78 is 32.9. The molecule has 0 atom stereocenters. The van der Waals surface area contributed by atoms with E-state index in [9.17, 15) is 8.78 Å². The Morgan fingerprint density at radius 2 is 1.90 bits per heavy atom. The van der Waals surface area contributed by atoms with Gasteiger partial charge in [-0.05, 0) is 36.1 Å². The third-order valence-corrected chi connectivity index (χ3v) is 6.49. The van der Waals surface area contributed by atoms with Crippen molar-refractivity contribution in [2.24, 2.45) is 0 Å². The predicted octanol–water partition coefficient (Wildman–Crippen LogP) is 5.82. The average molecular weight is 434 g/mol. The summed E-state index contributed by atoms with van der Waals surface area (Å²) in [6.07, 6.45) is 2.33. The standard InChI is InChI=1S/C21H21F2N3OS2/c1-27-17-11-15(7-10-18(17)29-20(22)23)13-28-21-25-24-19(16-8-9-16)26(21)12-14-5-3-2-4-6-14/h2-7,10-11,16,20H,8-9,12-13H2,1H3. The Bertz CT molecular complexity index is 962. The van der Waals surface area contributed by atoms with Gasteiger partial charge in [0.2, 0.25) is 0 Å². The highest BCUT2D eigenvalue weighted by Gasteiger charge is 2.30. The molecule has 1 saturated carbocycles. The van der Waals surface area contributed by atoms with Gasteiger partial charge in [-0.1, -0.05) is 59.9 Å². The lowest BCUT2D eigenvalue weighted by molar-refractivity contribution is 0.251. The van der Waals surface area contributed by atoms with E-state index in [2.05, 4.69) is 26.9 Å². The fourth-order valence-corrected chi connectivity index (χ4v) is 4.59. The second-order valence-electron chi connectivity index (χ2n) is 6.84. The molecule has 4 rings (SSSR count). The van der Waals surface area contributed by atoms with Gasteiger partial charge in [-0.25, -0.2) is 0 Å². The molecule has 1 aromatic heterocycles. The van der Waals surface area contributed by atoms with Gasteiger partial charge in [0.05, 0.1) is 18.6 Å². The van der Waals surface area contributed by atoms with Crippen LogP contribution in [0.4, 0.5) is 8.78 Å². The summed E-state index contributed by atoms with van der Waals surface area (Å²) in [6.45, 7) is 0.745. The lowest BCUT2D eigenvalue weighted by Crippen LogP contribution is -2.06. The van der Waals surface area contributed by atoms with Crippen molar-refractivity contribution in [2.75, 3.05) is 7.11 Å². The topological polar surface area (TPSA) is 39.9 Å². The fourth-order valence-electron chi connectivity index (χ4n) is 3.11. The van der Waals surface area contributed by atoms with Crippen LogP contribution >= 0.6 is 23.5 Å². The van der Waals surface area contributed by atoms with Gasteiger partial charge in [0.15, 0.2) is 5.16 Å². The normalized spacial score (nSPS) is 13.8. The van der Waals surface area contributed by atoms with Gasteiger partial charge in [0.25, 0.3) is 5.76 Å². The van der Waals surface area contributed by atoms with E-state index in [-0.39, 0.29) is 0 Å².